The summed E-state index contributed by atoms with van der Waals surface area (Å²) in [5, 5.41) is 16.9. The molecule has 0 radical (unpaired) electrons. The maximum Gasteiger partial charge on any atom is 0.291 e. The Bertz CT molecular complexity index is 1530. The van der Waals surface area contributed by atoms with Crippen molar-refractivity contribution in [3.05, 3.63) is 23.5 Å². The average Bonchev–Trinajstić information content (AvgIpc) is 3.57. The molecule has 6 heterocycles. The molecule has 0 aromatic carbocycles. The van der Waals surface area contributed by atoms with E-state index in [2.05, 4.69) is 29.7 Å². The maximum atomic E-state index is 13.6. The van der Waals surface area contributed by atoms with E-state index in [9.17, 15) is 22.5 Å². The molecule has 0 aliphatic carbocycles. The van der Waals surface area contributed by atoms with Crippen molar-refractivity contribution >= 4 is 32.7 Å². The number of hydrogen-bond acceptors (Lipinski definition) is 11. The number of sulfonamides is 1. The van der Waals surface area contributed by atoms with Crippen molar-refractivity contribution < 1.29 is 28.1 Å². The number of fused-ring (bicyclic) bond motifs is 2. The highest BCUT2D eigenvalue weighted by Gasteiger charge is 2.49. The van der Waals surface area contributed by atoms with Crippen LogP contribution in [0.25, 0.3) is 16.3 Å². The van der Waals surface area contributed by atoms with E-state index >= 15 is 0 Å². The second-order valence-electron chi connectivity index (χ2n) is 9.50. The molecule has 2 unspecified atom stereocenters. The number of nitriles is 1. The molecule has 3 fully saturated rings. The zero-order chi connectivity index (χ0) is 26.7. The number of nitrogens with one attached hydrogen (secondary N) is 1. The predicted molar refractivity (Wildman–Crippen MR) is 134 cm³/mol. The number of halogens is 2. The summed E-state index contributed by atoms with van der Waals surface area (Å²) in [6.07, 6.45) is -0.569. The predicted octanol–water partition coefficient (Wildman–Crippen LogP) is 1.52. The topological polar surface area (TPSA) is 138 Å². The molecule has 16 heteroatoms. The fourth-order valence-corrected chi connectivity index (χ4v) is 7.03. The zero-order valence-corrected chi connectivity index (χ0v) is 21.9. The van der Waals surface area contributed by atoms with Gasteiger partial charge in [0, 0.05) is 33.8 Å². The van der Waals surface area contributed by atoms with E-state index in [1.807, 2.05) is 6.07 Å². The summed E-state index contributed by atoms with van der Waals surface area (Å²) in [6, 6.07) is 3.70. The number of ether oxygens (including phenoxy) is 2. The lowest BCUT2D eigenvalue weighted by Crippen LogP contribution is -2.66. The Morgan fingerprint density at radius 1 is 1.34 bits per heavy atom. The van der Waals surface area contributed by atoms with Crippen LogP contribution in [0.15, 0.2) is 23.4 Å². The third-order valence-electron chi connectivity index (χ3n) is 7.27. The normalized spacial score (nSPS) is 26.3. The first-order valence-corrected chi connectivity index (χ1v) is 14.3. The Hall–Kier alpha value is -2.81. The van der Waals surface area contributed by atoms with E-state index < -0.39 is 33.1 Å². The SMILES string of the molecule is CC1OCC1(C#N)NS(=O)(=O)c1cc(N2CCN3CCOC[C@H]3C2)c2ncc(-c3nnc(C(F)F)s3)n2c1.[HH]. The number of aromatic nitrogens is 4. The van der Waals surface area contributed by atoms with Gasteiger partial charge in [0.2, 0.25) is 10.0 Å². The van der Waals surface area contributed by atoms with Crippen LogP contribution < -0.4 is 9.62 Å². The van der Waals surface area contributed by atoms with Crippen LogP contribution in [0.3, 0.4) is 0 Å². The molecule has 0 spiro atoms. The first-order chi connectivity index (χ1) is 18.2. The molecule has 0 bridgehead atoms. The molecule has 3 aromatic heterocycles. The van der Waals surface area contributed by atoms with Crippen LogP contribution in [0.1, 0.15) is 19.8 Å². The van der Waals surface area contributed by atoms with Gasteiger partial charge in [-0.1, -0.05) is 11.3 Å². The van der Waals surface area contributed by atoms with Crippen LogP contribution in [-0.2, 0) is 19.5 Å². The number of imidazole rings is 1. The highest BCUT2D eigenvalue weighted by Crippen LogP contribution is 2.35. The minimum Gasteiger partial charge on any atom is -0.378 e. The lowest BCUT2D eigenvalue weighted by Gasteiger charge is -2.44. The summed E-state index contributed by atoms with van der Waals surface area (Å²) in [4.78, 5) is 8.82. The second kappa shape index (κ2) is 9.43. The smallest absolute Gasteiger partial charge is 0.291 e. The van der Waals surface area contributed by atoms with Crippen LogP contribution in [0.5, 0.6) is 0 Å². The lowest BCUT2D eigenvalue weighted by molar-refractivity contribution is -0.102. The van der Waals surface area contributed by atoms with Gasteiger partial charge in [-0.05, 0) is 13.0 Å². The first kappa shape index (κ1) is 25.5. The van der Waals surface area contributed by atoms with Gasteiger partial charge in [0.1, 0.15) is 10.6 Å². The zero-order valence-electron chi connectivity index (χ0n) is 20.2. The monoisotopic (exact) mass is 568 g/mol. The van der Waals surface area contributed by atoms with Gasteiger partial charge in [-0.3, -0.25) is 9.30 Å². The van der Waals surface area contributed by atoms with Gasteiger partial charge in [0.25, 0.3) is 6.43 Å². The lowest BCUT2D eigenvalue weighted by atomic mass is 9.92. The molecule has 1 N–H and O–H groups in total. The van der Waals surface area contributed by atoms with Gasteiger partial charge in [-0.25, -0.2) is 22.2 Å². The van der Waals surface area contributed by atoms with Crippen molar-refractivity contribution in [1.82, 2.24) is 29.2 Å². The number of pyridine rings is 1. The Balaban J connectivity index is 0.00000308. The summed E-state index contributed by atoms with van der Waals surface area (Å²) in [5.41, 5.74) is -0.0415. The molecule has 3 aliphatic heterocycles. The van der Waals surface area contributed by atoms with Crippen molar-refractivity contribution in [3.8, 4) is 16.8 Å². The Kier molecular flexibility index (Phi) is 6.32. The molecular weight excluding hydrogens is 542 g/mol. The van der Waals surface area contributed by atoms with Crippen LogP contribution in [0, 0.1) is 11.3 Å². The minimum absolute atomic E-state index is 0. The summed E-state index contributed by atoms with van der Waals surface area (Å²) >= 11 is 0.715. The molecule has 3 aromatic rings. The van der Waals surface area contributed by atoms with Crippen molar-refractivity contribution in [3.63, 3.8) is 0 Å². The summed E-state index contributed by atoms with van der Waals surface area (Å²) in [7, 11) is -4.20. The largest absolute Gasteiger partial charge is 0.378 e. The fourth-order valence-electron chi connectivity index (χ4n) is 4.95. The van der Waals surface area contributed by atoms with Crippen LogP contribution in [0.4, 0.5) is 14.5 Å². The average molecular weight is 569 g/mol. The number of rotatable bonds is 6. The van der Waals surface area contributed by atoms with Crippen molar-refractivity contribution in [2.45, 2.75) is 35.9 Å². The highest BCUT2D eigenvalue weighted by molar-refractivity contribution is 7.89. The van der Waals surface area contributed by atoms with Gasteiger partial charge in [-0.15, -0.1) is 10.2 Å². The quantitative estimate of drug-likeness (QED) is 0.466. The molecule has 0 amide bonds. The van der Waals surface area contributed by atoms with Crippen LogP contribution in [-0.4, -0.2) is 96.6 Å². The van der Waals surface area contributed by atoms with Crippen molar-refractivity contribution in [2.24, 2.45) is 0 Å². The van der Waals surface area contributed by atoms with E-state index in [1.165, 1.54) is 22.9 Å². The van der Waals surface area contributed by atoms with E-state index in [-0.39, 0.29) is 24.0 Å². The molecule has 3 saturated heterocycles. The molecule has 6 rings (SSSR count). The number of morpholine rings is 1. The van der Waals surface area contributed by atoms with Gasteiger partial charge < -0.3 is 14.4 Å². The van der Waals surface area contributed by atoms with Gasteiger partial charge in [0.15, 0.2) is 21.2 Å². The third-order valence-corrected chi connectivity index (χ3v) is 9.70. The Morgan fingerprint density at radius 2 is 2.18 bits per heavy atom. The van der Waals surface area contributed by atoms with Crippen LogP contribution in [0.2, 0.25) is 0 Å². The number of nitrogens with zero attached hydrogens (tertiary/aromatic N) is 7. The van der Waals surface area contributed by atoms with Crippen LogP contribution >= 0.6 is 11.3 Å². The minimum atomic E-state index is -4.20. The second-order valence-corrected chi connectivity index (χ2v) is 12.2. The molecule has 3 aliphatic rings. The molecule has 3 atom stereocenters. The molecule has 38 heavy (non-hydrogen) atoms. The maximum absolute atomic E-state index is 13.6. The number of anilines is 1. The number of alkyl halides is 2. The summed E-state index contributed by atoms with van der Waals surface area (Å²) < 4.78 is 68.6. The Labute approximate surface area is 222 Å². The van der Waals surface area contributed by atoms with E-state index in [0.29, 0.717) is 54.7 Å². The van der Waals surface area contributed by atoms with Crippen molar-refractivity contribution in [1.29, 1.82) is 5.26 Å². The molecular formula is C22H26F2N8O4S2. The van der Waals surface area contributed by atoms with E-state index in [0.717, 1.165) is 13.1 Å². The van der Waals surface area contributed by atoms with E-state index in [4.69, 9.17) is 9.47 Å². The molecule has 0 saturated carbocycles. The van der Waals surface area contributed by atoms with Crippen molar-refractivity contribution in [2.75, 3.05) is 50.9 Å². The fraction of sp³-hybridized carbons (Fsp3) is 0.545. The standard InChI is InChI=1S/C22H24F2N8O4S2.H2/c1-13-22(11-25,12-36-13)29-38(33,34)15-6-16(31-3-2-30-4-5-35-10-14(30)8-31)19-26-7-17(32(19)9-15)20-27-28-21(37-20)18(23)24;/h6-7,9,13-14,18,29H,2-5,8,10,12H2,1H3;1H/t13?,14-,22?;/m1./s1. The van der Waals surface area contributed by atoms with Gasteiger partial charge >= 0.3 is 0 Å². The molecule has 12 nitrogen and oxygen atoms in total. The first-order valence-electron chi connectivity index (χ1n) is 12.0. The van der Waals surface area contributed by atoms with Gasteiger partial charge in [0.05, 0.1) is 49.9 Å². The number of piperazine rings is 1. The Morgan fingerprint density at radius 3 is 2.87 bits per heavy atom. The third kappa shape index (κ3) is 4.23. The van der Waals surface area contributed by atoms with E-state index in [1.54, 1.807) is 6.92 Å². The number of hydrogen-bond donors (Lipinski definition) is 1. The summed E-state index contributed by atoms with van der Waals surface area (Å²) in [6.45, 7) is 5.62. The summed E-state index contributed by atoms with van der Waals surface area (Å²) in [5.74, 6) is 0. The molecule has 204 valence electrons. The van der Waals surface area contributed by atoms with Gasteiger partial charge in [-0.2, -0.15) is 9.98 Å². The highest BCUT2D eigenvalue weighted by atomic mass is 32.2.